The highest BCUT2D eigenvalue weighted by molar-refractivity contribution is 5.59. The van der Waals surface area contributed by atoms with Gasteiger partial charge in [-0.05, 0) is 0 Å². The van der Waals surface area contributed by atoms with Crippen LogP contribution in [0.2, 0.25) is 0 Å². The standard InChI is InChI=1S/C10H12FN5O3/c11-10(3-19-5(2-17)7(10)18)6-1-13-9-8(12)14-4-15-16(6)9/h1,4-5,7,17-18H,2-3H2,(H2,12,14,15)/t5-,7-,10-/m1/s1. The average molecular weight is 269 g/mol. The van der Waals surface area contributed by atoms with E-state index in [0.29, 0.717) is 0 Å². The quantitative estimate of drug-likeness (QED) is 0.615. The van der Waals surface area contributed by atoms with Gasteiger partial charge in [-0.2, -0.15) is 5.10 Å². The van der Waals surface area contributed by atoms with E-state index in [-0.39, 0.29) is 17.2 Å². The van der Waals surface area contributed by atoms with Crippen LogP contribution in [-0.4, -0.2) is 55.2 Å². The summed E-state index contributed by atoms with van der Waals surface area (Å²) in [6.07, 6.45) is -0.0849. The highest BCUT2D eigenvalue weighted by Gasteiger charge is 2.53. The van der Waals surface area contributed by atoms with E-state index in [1.807, 2.05) is 0 Å². The van der Waals surface area contributed by atoms with Gasteiger partial charge in [-0.15, -0.1) is 0 Å². The Morgan fingerprint density at radius 3 is 3.05 bits per heavy atom. The lowest BCUT2D eigenvalue weighted by Crippen LogP contribution is -2.39. The van der Waals surface area contributed by atoms with Gasteiger partial charge in [-0.3, -0.25) is 0 Å². The van der Waals surface area contributed by atoms with Gasteiger partial charge in [0, 0.05) is 0 Å². The number of halogens is 1. The molecule has 3 rings (SSSR count). The van der Waals surface area contributed by atoms with Gasteiger partial charge in [0.25, 0.3) is 0 Å². The zero-order chi connectivity index (χ0) is 13.6. The first-order chi connectivity index (χ1) is 9.08. The van der Waals surface area contributed by atoms with Gasteiger partial charge in [-0.1, -0.05) is 0 Å². The lowest BCUT2D eigenvalue weighted by atomic mass is 9.95. The van der Waals surface area contributed by atoms with Crippen LogP contribution in [-0.2, 0) is 10.4 Å². The number of nitrogens with two attached hydrogens (primary N) is 1. The van der Waals surface area contributed by atoms with E-state index in [1.54, 1.807) is 0 Å². The fourth-order valence-electron chi connectivity index (χ4n) is 2.20. The van der Waals surface area contributed by atoms with Crippen molar-refractivity contribution in [3.05, 3.63) is 18.2 Å². The molecular formula is C10H12FN5O3. The zero-order valence-electron chi connectivity index (χ0n) is 9.77. The van der Waals surface area contributed by atoms with Crippen molar-refractivity contribution in [3.63, 3.8) is 0 Å². The highest BCUT2D eigenvalue weighted by Crippen LogP contribution is 2.38. The predicted octanol–water partition coefficient (Wildman–Crippen LogP) is -1.38. The Morgan fingerprint density at radius 1 is 1.58 bits per heavy atom. The number of hydrogen-bond acceptors (Lipinski definition) is 7. The third-order valence-corrected chi connectivity index (χ3v) is 3.27. The van der Waals surface area contributed by atoms with Crippen LogP contribution in [0, 0.1) is 0 Å². The second-order valence-corrected chi connectivity index (χ2v) is 4.36. The second-order valence-electron chi connectivity index (χ2n) is 4.36. The first-order valence-corrected chi connectivity index (χ1v) is 5.62. The fraction of sp³-hybridized carbons (Fsp3) is 0.500. The maximum absolute atomic E-state index is 14.9. The Morgan fingerprint density at radius 2 is 2.37 bits per heavy atom. The molecule has 0 amide bonds. The van der Waals surface area contributed by atoms with Gasteiger partial charge in [0.2, 0.25) is 5.67 Å². The topological polar surface area (TPSA) is 119 Å². The van der Waals surface area contributed by atoms with Crippen molar-refractivity contribution >= 4 is 11.5 Å². The molecular weight excluding hydrogens is 257 g/mol. The molecule has 102 valence electrons. The number of hydrogen-bond donors (Lipinski definition) is 3. The third kappa shape index (κ3) is 1.59. The van der Waals surface area contributed by atoms with Crippen molar-refractivity contribution in [2.75, 3.05) is 18.9 Å². The van der Waals surface area contributed by atoms with Crippen LogP contribution in [0.5, 0.6) is 0 Å². The molecule has 9 heteroatoms. The summed E-state index contributed by atoms with van der Waals surface area (Å²) in [4.78, 5) is 7.68. The lowest BCUT2D eigenvalue weighted by Gasteiger charge is -2.22. The molecule has 8 nitrogen and oxygen atoms in total. The Kier molecular flexibility index (Phi) is 2.62. The number of nitrogens with zero attached hydrogens (tertiary/aromatic N) is 4. The van der Waals surface area contributed by atoms with E-state index in [9.17, 15) is 9.50 Å². The van der Waals surface area contributed by atoms with Gasteiger partial charge < -0.3 is 20.7 Å². The van der Waals surface area contributed by atoms with Crippen molar-refractivity contribution in [1.82, 2.24) is 19.6 Å². The van der Waals surface area contributed by atoms with Gasteiger partial charge >= 0.3 is 0 Å². The molecule has 0 aromatic carbocycles. The average Bonchev–Trinajstić information content (AvgIpc) is 2.95. The number of fused-ring (bicyclic) bond motifs is 1. The molecule has 1 aliphatic rings. The molecule has 0 spiro atoms. The molecule has 1 fully saturated rings. The summed E-state index contributed by atoms with van der Waals surface area (Å²) in [6, 6.07) is 0. The molecule has 1 saturated heterocycles. The minimum Gasteiger partial charge on any atom is -0.394 e. The van der Waals surface area contributed by atoms with Crippen LogP contribution >= 0.6 is 0 Å². The Balaban J connectivity index is 2.12. The minimum atomic E-state index is -2.20. The van der Waals surface area contributed by atoms with E-state index in [0.717, 1.165) is 0 Å². The Labute approximate surface area is 106 Å². The largest absolute Gasteiger partial charge is 0.394 e. The molecule has 4 N–H and O–H groups in total. The van der Waals surface area contributed by atoms with Crippen LogP contribution in [0.3, 0.4) is 0 Å². The van der Waals surface area contributed by atoms with Crippen LogP contribution in [0.25, 0.3) is 5.65 Å². The predicted molar refractivity (Wildman–Crippen MR) is 60.8 cm³/mol. The number of ether oxygens (including phenoxy) is 1. The second kappa shape index (κ2) is 4.08. The molecule has 2 aromatic heterocycles. The van der Waals surface area contributed by atoms with E-state index < -0.39 is 31.1 Å². The minimum absolute atomic E-state index is 0.0139. The van der Waals surface area contributed by atoms with E-state index in [2.05, 4.69) is 15.1 Å². The van der Waals surface area contributed by atoms with Gasteiger partial charge in [-0.25, -0.2) is 18.9 Å². The maximum atomic E-state index is 14.9. The summed E-state index contributed by atoms with van der Waals surface area (Å²) in [5.74, 6) is 0.108. The van der Waals surface area contributed by atoms with E-state index >= 15 is 0 Å². The number of aliphatic hydroxyl groups is 2. The van der Waals surface area contributed by atoms with E-state index in [4.69, 9.17) is 15.6 Å². The van der Waals surface area contributed by atoms with Crippen LogP contribution in [0.4, 0.5) is 10.2 Å². The van der Waals surface area contributed by atoms with Crippen LogP contribution in [0.1, 0.15) is 5.69 Å². The highest BCUT2D eigenvalue weighted by atomic mass is 19.1. The van der Waals surface area contributed by atoms with E-state index in [1.165, 1.54) is 17.0 Å². The van der Waals surface area contributed by atoms with Crippen LogP contribution in [0.15, 0.2) is 12.5 Å². The van der Waals surface area contributed by atoms with Crippen molar-refractivity contribution in [3.8, 4) is 0 Å². The summed E-state index contributed by atoms with van der Waals surface area (Å²) >= 11 is 0. The Bertz CT molecular complexity index is 620. The van der Waals surface area contributed by atoms with Gasteiger partial charge in [0.05, 0.1) is 19.4 Å². The van der Waals surface area contributed by atoms with Gasteiger partial charge in [0.15, 0.2) is 11.5 Å². The number of aliphatic hydroxyl groups excluding tert-OH is 2. The van der Waals surface area contributed by atoms with Crippen molar-refractivity contribution in [2.24, 2.45) is 0 Å². The first-order valence-electron chi connectivity index (χ1n) is 5.62. The number of alkyl halides is 1. The molecule has 3 heterocycles. The van der Waals surface area contributed by atoms with Crippen molar-refractivity contribution < 1.29 is 19.3 Å². The number of rotatable bonds is 2. The smallest absolute Gasteiger partial charge is 0.205 e. The summed E-state index contributed by atoms with van der Waals surface area (Å²) < 4.78 is 21.1. The molecule has 19 heavy (non-hydrogen) atoms. The Hall–Kier alpha value is -1.84. The maximum Gasteiger partial charge on any atom is 0.205 e. The van der Waals surface area contributed by atoms with Crippen molar-refractivity contribution in [1.29, 1.82) is 0 Å². The first kappa shape index (κ1) is 12.2. The summed E-state index contributed by atoms with van der Waals surface area (Å²) in [5, 5.41) is 22.8. The number of nitrogen functional groups attached to an aromatic ring is 1. The molecule has 0 radical (unpaired) electrons. The fourth-order valence-corrected chi connectivity index (χ4v) is 2.20. The lowest BCUT2D eigenvalue weighted by molar-refractivity contribution is -0.0168. The normalized spacial score (nSPS) is 31.1. The molecule has 0 saturated carbocycles. The molecule has 1 aliphatic heterocycles. The molecule has 2 aromatic rings. The monoisotopic (exact) mass is 269 g/mol. The van der Waals surface area contributed by atoms with Gasteiger partial charge in [0.1, 0.15) is 24.2 Å². The molecule has 3 atom stereocenters. The molecule has 0 aliphatic carbocycles. The van der Waals surface area contributed by atoms with Crippen LogP contribution < -0.4 is 5.73 Å². The SMILES string of the molecule is Nc1ncnn2c([C@]3(F)CO[C@H](CO)[C@H]3O)cnc12. The summed E-state index contributed by atoms with van der Waals surface area (Å²) in [5.41, 5.74) is 3.62. The number of anilines is 1. The number of imidazole rings is 1. The summed E-state index contributed by atoms with van der Waals surface area (Å²) in [7, 11) is 0. The third-order valence-electron chi connectivity index (χ3n) is 3.27. The molecule has 0 bridgehead atoms. The van der Waals surface area contributed by atoms with Crippen molar-refractivity contribution in [2.45, 2.75) is 17.9 Å². The summed E-state index contributed by atoms with van der Waals surface area (Å²) in [6.45, 7) is -0.863. The molecule has 0 unspecified atom stereocenters. The number of aromatic nitrogens is 4. The zero-order valence-corrected chi connectivity index (χ0v) is 9.77.